The first kappa shape index (κ1) is 45.9. The molecule has 0 aromatic heterocycles. The van der Waals surface area contributed by atoms with Crippen LogP contribution in [0.2, 0.25) is 0 Å². The molecule has 6 heteroatoms. The normalized spacial score (nSPS) is 12.8. The van der Waals surface area contributed by atoms with Crippen LogP contribution < -0.4 is 0 Å². The lowest BCUT2D eigenvalue weighted by molar-refractivity contribution is -0.150. The van der Waals surface area contributed by atoms with E-state index in [0.717, 1.165) is 96.7 Å². The predicted octanol–water partition coefficient (Wildman–Crippen LogP) is 11.5. The third-order valence-electron chi connectivity index (χ3n) is 9.48. The van der Waals surface area contributed by atoms with E-state index in [9.17, 15) is 14.7 Å². The number of esters is 2. The zero-order valence-corrected chi connectivity index (χ0v) is 32.0. The van der Waals surface area contributed by atoms with Gasteiger partial charge in [0.15, 0.2) is 0 Å². The molecule has 0 saturated carbocycles. The minimum Gasteiger partial charge on any atom is -0.463 e. The Labute approximate surface area is 292 Å². The number of nitrogens with zero attached hydrogens (tertiary/aromatic N) is 1. The van der Waals surface area contributed by atoms with Gasteiger partial charge in [0.25, 0.3) is 0 Å². The lowest BCUT2D eigenvalue weighted by Gasteiger charge is -2.21. The van der Waals surface area contributed by atoms with Crippen molar-refractivity contribution in [1.82, 2.24) is 4.90 Å². The smallest absolute Gasteiger partial charge is 0.306 e. The van der Waals surface area contributed by atoms with Crippen molar-refractivity contribution in [2.75, 3.05) is 26.2 Å². The molecule has 0 aliphatic rings. The van der Waals surface area contributed by atoms with Gasteiger partial charge >= 0.3 is 11.9 Å². The minimum absolute atomic E-state index is 0.0111. The van der Waals surface area contributed by atoms with Crippen LogP contribution in [0.25, 0.3) is 0 Å². The Hall–Kier alpha value is -1.14. The number of carbonyl (C=O) groups excluding carboxylic acids is 2. The van der Waals surface area contributed by atoms with Gasteiger partial charge in [-0.15, -0.1) is 0 Å². The maximum atomic E-state index is 12.6. The van der Waals surface area contributed by atoms with Gasteiger partial charge in [0.2, 0.25) is 0 Å². The Morgan fingerprint density at radius 2 is 0.872 bits per heavy atom. The second-order valence-electron chi connectivity index (χ2n) is 14.3. The summed E-state index contributed by atoms with van der Waals surface area (Å²) < 4.78 is 11.6. The fourth-order valence-electron chi connectivity index (χ4n) is 6.41. The highest BCUT2D eigenvalue weighted by molar-refractivity contribution is 5.69. The summed E-state index contributed by atoms with van der Waals surface area (Å²) in [6, 6.07) is 0. The van der Waals surface area contributed by atoms with E-state index in [-0.39, 0.29) is 30.8 Å². The highest BCUT2D eigenvalue weighted by atomic mass is 16.5. The molecule has 0 aromatic rings. The van der Waals surface area contributed by atoms with E-state index in [1.165, 1.54) is 96.3 Å². The topological polar surface area (TPSA) is 76.1 Å². The summed E-state index contributed by atoms with van der Waals surface area (Å²) in [6.45, 7) is 11.7. The number of hydrogen-bond acceptors (Lipinski definition) is 6. The van der Waals surface area contributed by atoms with Crippen molar-refractivity contribution < 1.29 is 24.2 Å². The molecule has 0 aliphatic heterocycles. The molecule has 2 unspecified atom stereocenters. The van der Waals surface area contributed by atoms with E-state index >= 15 is 0 Å². The molecule has 1 N–H and O–H groups in total. The molecule has 0 fully saturated rings. The summed E-state index contributed by atoms with van der Waals surface area (Å²) in [5.74, 6) is -0.0290. The second-order valence-corrected chi connectivity index (χ2v) is 14.3. The van der Waals surface area contributed by atoms with E-state index < -0.39 is 0 Å². The van der Waals surface area contributed by atoms with Crippen LogP contribution in [0.15, 0.2) is 0 Å². The number of unbranched alkanes of at least 4 members (excludes halogenated alkanes) is 19. The lowest BCUT2D eigenvalue weighted by atomic mass is 10.0. The van der Waals surface area contributed by atoms with Gasteiger partial charge in [-0.2, -0.15) is 0 Å². The standard InChI is InChI=1S/C41H81NO5/c1-5-8-11-14-17-24-31-39(30-23-16-12-9-6-2)47-41(45)33-26-18-15-20-27-34-42(36-37-43)35-28-21-19-22-29-38(4)46-40(44)32-25-13-10-7-3/h38-39,43H,5-37H2,1-4H3. The summed E-state index contributed by atoms with van der Waals surface area (Å²) in [5.41, 5.74) is 0. The highest BCUT2D eigenvalue weighted by Gasteiger charge is 2.14. The monoisotopic (exact) mass is 668 g/mol. The van der Waals surface area contributed by atoms with E-state index in [4.69, 9.17) is 9.47 Å². The second kappa shape index (κ2) is 36.1. The molecule has 2 atom stereocenters. The first-order valence-electron chi connectivity index (χ1n) is 20.7. The minimum atomic E-state index is -0.0400. The van der Waals surface area contributed by atoms with Crippen molar-refractivity contribution in [3.8, 4) is 0 Å². The van der Waals surface area contributed by atoms with Gasteiger partial charge in [-0.3, -0.25) is 9.59 Å². The molecule has 0 aromatic carbocycles. The first-order valence-corrected chi connectivity index (χ1v) is 20.7. The van der Waals surface area contributed by atoms with Crippen molar-refractivity contribution in [2.24, 2.45) is 0 Å². The summed E-state index contributed by atoms with van der Waals surface area (Å²) in [7, 11) is 0. The molecular formula is C41H81NO5. The van der Waals surface area contributed by atoms with Gasteiger partial charge in [0.1, 0.15) is 6.10 Å². The van der Waals surface area contributed by atoms with Gasteiger partial charge in [-0.1, -0.05) is 130 Å². The van der Waals surface area contributed by atoms with Gasteiger partial charge in [-0.05, 0) is 84.2 Å². The van der Waals surface area contributed by atoms with E-state index in [2.05, 4.69) is 25.7 Å². The highest BCUT2D eigenvalue weighted by Crippen LogP contribution is 2.18. The molecule has 0 saturated heterocycles. The maximum absolute atomic E-state index is 12.6. The van der Waals surface area contributed by atoms with Crippen molar-refractivity contribution in [3.05, 3.63) is 0 Å². The Kier molecular flexibility index (Phi) is 35.3. The molecule has 0 rings (SSSR count). The molecule has 0 bridgehead atoms. The maximum Gasteiger partial charge on any atom is 0.306 e. The Morgan fingerprint density at radius 3 is 1.36 bits per heavy atom. The molecule has 0 amide bonds. The van der Waals surface area contributed by atoms with E-state index in [1.54, 1.807) is 0 Å². The van der Waals surface area contributed by atoms with Gasteiger partial charge in [0.05, 0.1) is 12.7 Å². The number of rotatable bonds is 37. The Bertz CT molecular complexity index is 672. The third kappa shape index (κ3) is 33.1. The molecule has 280 valence electrons. The molecule has 47 heavy (non-hydrogen) atoms. The number of aliphatic hydroxyl groups is 1. The zero-order valence-electron chi connectivity index (χ0n) is 32.0. The van der Waals surface area contributed by atoms with Crippen LogP contribution in [-0.4, -0.2) is 60.4 Å². The summed E-state index contributed by atoms with van der Waals surface area (Å²) in [5, 5.41) is 9.52. The van der Waals surface area contributed by atoms with Crippen LogP contribution in [0, 0.1) is 0 Å². The van der Waals surface area contributed by atoms with Crippen LogP contribution in [0.1, 0.15) is 214 Å². The van der Waals surface area contributed by atoms with Crippen molar-refractivity contribution >= 4 is 11.9 Å². The fraction of sp³-hybridized carbons (Fsp3) is 0.951. The molecule has 0 spiro atoms. The van der Waals surface area contributed by atoms with Crippen LogP contribution in [0.3, 0.4) is 0 Å². The molecule has 0 heterocycles. The summed E-state index contributed by atoms with van der Waals surface area (Å²) in [6.07, 6.45) is 32.7. The number of carbonyl (C=O) groups is 2. The van der Waals surface area contributed by atoms with Gasteiger partial charge < -0.3 is 19.5 Å². The molecule has 0 radical (unpaired) electrons. The molecule has 6 nitrogen and oxygen atoms in total. The van der Waals surface area contributed by atoms with Crippen molar-refractivity contribution in [2.45, 2.75) is 226 Å². The van der Waals surface area contributed by atoms with Gasteiger partial charge in [-0.25, -0.2) is 0 Å². The average Bonchev–Trinajstić information content (AvgIpc) is 3.05. The lowest BCUT2D eigenvalue weighted by Crippen LogP contribution is -2.29. The van der Waals surface area contributed by atoms with Crippen LogP contribution in [0.5, 0.6) is 0 Å². The number of hydrogen-bond donors (Lipinski definition) is 1. The zero-order chi connectivity index (χ0) is 34.6. The fourth-order valence-corrected chi connectivity index (χ4v) is 6.41. The quantitative estimate of drug-likeness (QED) is 0.0525. The van der Waals surface area contributed by atoms with E-state index in [1.807, 2.05) is 6.92 Å². The van der Waals surface area contributed by atoms with Crippen molar-refractivity contribution in [3.63, 3.8) is 0 Å². The van der Waals surface area contributed by atoms with Crippen LogP contribution >= 0.6 is 0 Å². The van der Waals surface area contributed by atoms with Crippen LogP contribution in [-0.2, 0) is 19.1 Å². The average molecular weight is 668 g/mol. The summed E-state index contributed by atoms with van der Waals surface area (Å²) >= 11 is 0. The Balaban J connectivity index is 4.02. The predicted molar refractivity (Wildman–Crippen MR) is 200 cm³/mol. The number of aliphatic hydroxyl groups excluding tert-OH is 1. The van der Waals surface area contributed by atoms with Crippen LogP contribution in [0.4, 0.5) is 0 Å². The van der Waals surface area contributed by atoms with Gasteiger partial charge in [0, 0.05) is 19.4 Å². The van der Waals surface area contributed by atoms with E-state index in [0.29, 0.717) is 12.8 Å². The Morgan fingerprint density at radius 1 is 0.489 bits per heavy atom. The largest absolute Gasteiger partial charge is 0.463 e. The van der Waals surface area contributed by atoms with Crippen molar-refractivity contribution in [1.29, 1.82) is 0 Å². The summed E-state index contributed by atoms with van der Waals surface area (Å²) in [4.78, 5) is 27.0. The number of ether oxygens (including phenoxy) is 2. The SMILES string of the molecule is CCCCCCCCC(CCCCCCC)OC(=O)CCCCCCCN(CCO)CCCCCCC(C)OC(=O)CCCCCC. The third-order valence-corrected chi connectivity index (χ3v) is 9.48. The first-order chi connectivity index (χ1) is 23.0. The molecular weight excluding hydrogens is 586 g/mol. The molecule has 0 aliphatic carbocycles.